The van der Waals surface area contributed by atoms with Crippen molar-refractivity contribution in [1.29, 1.82) is 0 Å². The monoisotopic (exact) mass is 358 g/mol. The van der Waals surface area contributed by atoms with Crippen LogP contribution < -0.4 is 4.18 Å². The Labute approximate surface area is 151 Å². The lowest BCUT2D eigenvalue weighted by atomic mass is 9.86. The first kappa shape index (κ1) is 18.0. The summed E-state index contributed by atoms with van der Waals surface area (Å²) in [5, 5.41) is 0. The van der Waals surface area contributed by atoms with Crippen molar-refractivity contribution < 1.29 is 12.6 Å². The molecule has 1 aliphatic rings. The summed E-state index contributed by atoms with van der Waals surface area (Å²) in [5.41, 5.74) is 5.05. The van der Waals surface area contributed by atoms with Gasteiger partial charge in [0.2, 0.25) is 0 Å². The molecule has 0 N–H and O–H groups in total. The van der Waals surface area contributed by atoms with E-state index in [9.17, 15) is 8.42 Å². The van der Waals surface area contributed by atoms with E-state index < -0.39 is 10.1 Å². The van der Waals surface area contributed by atoms with Crippen LogP contribution in [0.4, 0.5) is 0 Å². The highest BCUT2D eigenvalue weighted by atomic mass is 32.2. The maximum atomic E-state index is 12.1. The zero-order valence-electron chi connectivity index (χ0n) is 14.8. The number of unbranched alkanes of at least 4 members (excludes halogenated alkanes) is 2. The van der Waals surface area contributed by atoms with Crippen LogP contribution in [0.5, 0.6) is 5.75 Å². The van der Waals surface area contributed by atoms with Crippen LogP contribution in [0.1, 0.15) is 50.2 Å². The van der Waals surface area contributed by atoms with Gasteiger partial charge >= 0.3 is 10.1 Å². The van der Waals surface area contributed by atoms with E-state index in [1.54, 1.807) is 6.07 Å². The predicted octanol–water partition coefficient (Wildman–Crippen LogP) is 5.13. The Kier molecular flexibility index (Phi) is 5.79. The molecule has 2 aromatic rings. The van der Waals surface area contributed by atoms with Crippen molar-refractivity contribution in [3.05, 3.63) is 53.6 Å². The number of fused-ring (bicyclic) bond motifs is 1. The number of rotatable bonds is 7. The highest BCUT2D eigenvalue weighted by molar-refractivity contribution is 7.87. The molecule has 0 radical (unpaired) electrons. The average Bonchev–Trinajstić information content (AvgIpc) is 2.61. The normalized spacial score (nSPS) is 14.1. The lowest BCUT2D eigenvalue weighted by molar-refractivity contribution is 0.483. The van der Waals surface area contributed by atoms with E-state index in [-0.39, 0.29) is 5.75 Å². The summed E-state index contributed by atoms with van der Waals surface area (Å²) >= 11 is 0. The second kappa shape index (κ2) is 8.05. The lowest BCUT2D eigenvalue weighted by Crippen LogP contribution is -2.13. The number of benzene rings is 2. The maximum Gasteiger partial charge on any atom is 0.309 e. The molecule has 0 heterocycles. The molecule has 1 aliphatic carbocycles. The quantitative estimate of drug-likeness (QED) is 0.509. The van der Waals surface area contributed by atoms with Crippen molar-refractivity contribution in [3.8, 4) is 16.9 Å². The van der Waals surface area contributed by atoms with Gasteiger partial charge in [0.25, 0.3) is 0 Å². The highest BCUT2D eigenvalue weighted by Gasteiger charge is 2.16. The van der Waals surface area contributed by atoms with Gasteiger partial charge in [-0.15, -0.1) is 0 Å². The van der Waals surface area contributed by atoms with Crippen LogP contribution in [0, 0.1) is 0 Å². The van der Waals surface area contributed by atoms with Crippen molar-refractivity contribution in [2.24, 2.45) is 0 Å². The van der Waals surface area contributed by atoms with Crippen LogP contribution in [-0.2, 0) is 23.0 Å². The molecule has 3 nitrogen and oxygen atoms in total. The molecule has 134 valence electrons. The lowest BCUT2D eigenvalue weighted by Gasteiger charge is -2.19. The van der Waals surface area contributed by atoms with E-state index >= 15 is 0 Å². The third kappa shape index (κ3) is 4.63. The summed E-state index contributed by atoms with van der Waals surface area (Å²) in [6.07, 6.45) is 7.21. The van der Waals surface area contributed by atoms with Crippen molar-refractivity contribution in [1.82, 2.24) is 0 Å². The van der Waals surface area contributed by atoms with Gasteiger partial charge in [0.05, 0.1) is 5.75 Å². The molecule has 0 unspecified atom stereocenters. The van der Waals surface area contributed by atoms with Crippen LogP contribution in [0.25, 0.3) is 11.1 Å². The van der Waals surface area contributed by atoms with Gasteiger partial charge in [-0.3, -0.25) is 0 Å². The fourth-order valence-corrected chi connectivity index (χ4v) is 4.52. The molecule has 0 amide bonds. The minimum Gasteiger partial charge on any atom is -0.382 e. The summed E-state index contributed by atoms with van der Waals surface area (Å²) in [6, 6.07) is 13.9. The second-order valence-corrected chi connectivity index (χ2v) is 8.42. The summed E-state index contributed by atoms with van der Waals surface area (Å²) < 4.78 is 29.6. The molecular formula is C21H26O3S. The van der Waals surface area contributed by atoms with Crippen molar-refractivity contribution in [2.75, 3.05) is 5.75 Å². The minimum atomic E-state index is -3.52. The summed E-state index contributed by atoms with van der Waals surface area (Å²) in [7, 11) is -3.52. The van der Waals surface area contributed by atoms with Gasteiger partial charge in [-0.2, -0.15) is 8.42 Å². The third-order valence-corrected chi connectivity index (χ3v) is 6.00. The Morgan fingerprint density at radius 2 is 1.80 bits per heavy atom. The Balaban J connectivity index is 1.83. The predicted molar refractivity (Wildman–Crippen MR) is 102 cm³/mol. The van der Waals surface area contributed by atoms with Gasteiger partial charge in [0.1, 0.15) is 5.75 Å². The molecule has 0 saturated heterocycles. The third-order valence-electron chi connectivity index (χ3n) is 4.76. The fourth-order valence-electron chi connectivity index (χ4n) is 3.48. The molecule has 25 heavy (non-hydrogen) atoms. The van der Waals surface area contributed by atoms with Crippen molar-refractivity contribution in [2.45, 2.75) is 51.9 Å². The van der Waals surface area contributed by atoms with Crippen LogP contribution in [0.2, 0.25) is 0 Å². The SMILES string of the molecule is CCCCCS(=O)(=O)Oc1cccc(-c2cccc3c2CCCC3)c1. The Hall–Kier alpha value is -1.81. The van der Waals surface area contributed by atoms with E-state index in [1.807, 2.05) is 18.2 Å². The van der Waals surface area contributed by atoms with Crippen LogP contribution in [0.3, 0.4) is 0 Å². The molecule has 0 bridgehead atoms. The molecule has 0 atom stereocenters. The van der Waals surface area contributed by atoms with E-state index in [1.165, 1.54) is 29.5 Å². The summed E-state index contributed by atoms with van der Waals surface area (Å²) in [4.78, 5) is 0. The zero-order chi connectivity index (χ0) is 17.7. The van der Waals surface area contributed by atoms with Crippen molar-refractivity contribution >= 4 is 10.1 Å². The summed E-state index contributed by atoms with van der Waals surface area (Å²) in [5.74, 6) is 0.480. The van der Waals surface area contributed by atoms with Crippen LogP contribution >= 0.6 is 0 Å². The number of hydrogen-bond donors (Lipinski definition) is 0. The second-order valence-electron chi connectivity index (χ2n) is 6.73. The Bertz CT molecular complexity index is 825. The minimum absolute atomic E-state index is 0.0752. The van der Waals surface area contributed by atoms with Gasteiger partial charge in [0, 0.05) is 0 Å². The molecule has 4 heteroatoms. The molecule has 0 aromatic heterocycles. The van der Waals surface area contributed by atoms with Gasteiger partial charge in [0.15, 0.2) is 0 Å². The molecule has 0 fully saturated rings. The van der Waals surface area contributed by atoms with E-state index in [2.05, 4.69) is 25.1 Å². The van der Waals surface area contributed by atoms with Crippen molar-refractivity contribution in [3.63, 3.8) is 0 Å². The first-order chi connectivity index (χ1) is 12.1. The molecule has 3 rings (SSSR count). The molecule has 0 spiro atoms. The van der Waals surface area contributed by atoms with Crippen LogP contribution in [-0.4, -0.2) is 14.2 Å². The first-order valence-corrected chi connectivity index (χ1v) is 10.8. The number of aryl methyl sites for hydroxylation is 1. The highest BCUT2D eigenvalue weighted by Crippen LogP contribution is 2.33. The maximum absolute atomic E-state index is 12.1. The van der Waals surface area contributed by atoms with Gasteiger partial charge in [-0.25, -0.2) is 0 Å². The molecular weight excluding hydrogens is 332 g/mol. The van der Waals surface area contributed by atoms with E-state index in [4.69, 9.17) is 4.18 Å². The van der Waals surface area contributed by atoms with Gasteiger partial charge in [-0.1, -0.05) is 50.1 Å². The van der Waals surface area contributed by atoms with Gasteiger partial charge < -0.3 is 4.18 Å². The Morgan fingerprint density at radius 3 is 2.64 bits per heavy atom. The topological polar surface area (TPSA) is 43.4 Å². The average molecular weight is 359 g/mol. The smallest absolute Gasteiger partial charge is 0.309 e. The number of hydrogen-bond acceptors (Lipinski definition) is 3. The van der Waals surface area contributed by atoms with Crippen LogP contribution in [0.15, 0.2) is 42.5 Å². The molecule has 0 saturated carbocycles. The fraction of sp³-hybridized carbons (Fsp3) is 0.429. The standard InChI is InChI=1S/C21H26O3S/c1-2-3-6-15-25(22,23)24-19-12-7-11-18(16-19)21-14-8-10-17-9-4-5-13-20(17)21/h7-8,10-12,14,16H,2-6,9,13,15H2,1H3. The molecule has 2 aromatic carbocycles. The Morgan fingerprint density at radius 1 is 1.00 bits per heavy atom. The largest absolute Gasteiger partial charge is 0.382 e. The first-order valence-electron chi connectivity index (χ1n) is 9.22. The molecule has 0 aliphatic heterocycles. The summed E-state index contributed by atoms with van der Waals surface area (Å²) in [6.45, 7) is 2.05. The van der Waals surface area contributed by atoms with E-state index in [0.717, 1.165) is 31.2 Å². The van der Waals surface area contributed by atoms with Gasteiger partial charge in [-0.05, 0) is 66.5 Å². The van der Waals surface area contributed by atoms with E-state index in [0.29, 0.717) is 12.2 Å². The zero-order valence-corrected chi connectivity index (χ0v) is 15.6.